The number of halogens is 1. The molecule has 9 heteroatoms. The van der Waals surface area contributed by atoms with Crippen molar-refractivity contribution in [2.24, 2.45) is 5.73 Å². The zero-order valence-electron chi connectivity index (χ0n) is 12.0. The minimum atomic E-state index is -0.759. The van der Waals surface area contributed by atoms with Crippen LogP contribution in [0.4, 0.5) is 0 Å². The largest absolute Gasteiger partial charge is 0.493 e. The molecule has 0 atom stereocenters. The molecule has 0 radical (unpaired) electrons. The zero-order valence-corrected chi connectivity index (χ0v) is 12.7. The SMILES string of the molecule is CNC(=O)COC(=O)c1cc(Cl)c(OCC(N)=O)c(OC)c1. The summed E-state index contributed by atoms with van der Waals surface area (Å²) < 4.78 is 15.0. The van der Waals surface area contributed by atoms with Crippen LogP contribution in [0.3, 0.4) is 0 Å². The summed E-state index contributed by atoms with van der Waals surface area (Å²) in [6, 6.07) is 2.58. The Morgan fingerprint density at radius 3 is 2.50 bits per heavy atom. The van der Waals surface area contributed by atoms with Gasteiger partial charge >= 0.3 is 5.97 Å². The summed E-state index contributed by atoms with van der Waals surface area (Å²) in [5.74, 6) is -1.70. The molecule has 0 aliphatic heterocycles. The first-order valence-corrected chi connectivity index (χ1v) is 6.43. The van der Waals surface area contributed by atoms with E-state index in [1.165, 1.54) is 26.3 Å². The fraction of sp³-hybridized carbons (Fsp3) is 0.308. The van der Waals surface area contributed by atoms with Gasteiger partial charge in [0.15, 0.2) is 24.7 Å². The van der Waals surface area contributed by atoms with E-state index in [-0.39, 0.29) is 22.1 Å². The van der Waals surface area contributed by atoms with Gasteiger partial charge < -0.3 is 25.3 Å². The van der Waals surface area contributed by atoms with Gasteiger partial charge in [-0.05, 0) is 12.1 Å². The Morgan fingerprint density at radius 1 is 1.27 bits per heavy atom. The molecule has 22 heavy (non-hydrogen) atoms. The van der Waals surface area contributed by atoms with Gasteiger partial charge in [-0.25, -0.2) is 4.79 Å². The van der Waals surface area contributed by atoms with E-state index < -0.39 is 31.0 Å². The first-order chi connectivity index (χ1) is 10.4. The smallest absolute Gasteiger partial charge is 0.338 e. The molecule has 0 saturated carbocycles. The Morgan fingerprint density at radius 2 is 1.95 bits per heavy atom. The number of carbonyl (C=O) groups excluding carboxylic acids is 3. The fourth-order valence-electron chi connectivity index (χ4n) is 1.41. The molecule has 0 unspecified atom stereocenters. The highest BCUT2D eigenvalue weighted by Gasteiger charge is 2.18. The van der Waals surface area contributed by atoms with Crippen molar-refractivity contribution in [2.45, 2.75) is 0 Å². The van der Waals surface area contributed by atoms with Gasteiger partial charge in [0.2, 0.25) is 0 Å². The third kappa shape index (κ3) is 4.81. The summed E-state index contributed by atoms with van der Waals surface area (Å²) in [6.45, 7) is -0.814. The number of carbonyl (C=O) groups is 3. The van der Waals surface area contributed by atoms with Crippen LogP contribution in [0.15, 0.2) is 12.1 Å². The number of nitrogens with one attached hydrogen (secondary N) is 1. The molecule has 0 aromatic heterocycles. The molecule has 120 valence electrons. The normalized spacial score (nSPS) is 9.77. The number of likely N-dealkylation sites (N-methyl/N-ethyl adjacent to an activating group) is 1. The standard InChI is InChI=1S/C13H15ClN2O6/c1-16-11(18)6-22-13(19)7-3-8(14)12(9(4-7)20-2)21-5-10(15)17/h3-4H,5-6H2,1-2H3,(H2,15,17)(H,16,18). The molecule has 1 aromatic rings. The van der Waals surface area contributed by atoms with Gasteiger partial charge in [0.1, 0.15) is 0 Å². The van der Waals surface area contributed by atoms with Crippen LogP contribution in [0.25, 0.3) is 0 Å². The van der Waals surface area contributed by atoms with Crippen molar-refractivity contribution in [3.8, 4) is 11.5 Å². The van der Waals surface area contributed by atoms with Crippen molar-refractivity contribution in [2.75, 3.05) is 27.4 Å². The molecule has 3 N–H and O–H groups in total. The van der Waals surface area contributed by atoms with Crippen molar-refractivity contribution in [1.29, 1.82) is 0 Å². The highest BCUT2D eigenvalue weighted by atomic mass is 35.5. The molecular weight excluding hydrogens is 316 g/mol. The van der Waals surface area contributed by atoms with Crippen LogP contribution in [0.5, 0.6) is 11.5 Å². The van der Waals surface area contributed by atoms with Crippen molar-refractivity contribution < 1.29 is 28.6 Å². The molecule has 0 heterocycles. The molecule has 2 amide bonds. The van der Waals surface area contributed by atoms with E-state index in [9.17, 15) is 14.4 Å². The van der Waals surface area contributed by atoms with Crippen molar-refractivity contribution >= 4 is 29.4 Å². The van der Waals surface area contributed by atoms with Crippen LogP contribution in [0, 0.1) is 0 Å². The lowest BCUT2D eigenvalue weighted by Crippen LogP contribution is -2.25. The second-order valence-corrected chi connectivity index (χ2v) is 4.40. The maximum Gasteiger partial charge on any atom is 0.338 e. The molecule has 1 rings (SSSR count). The van der Waals surface area contributed by atoms with Crippen LogP contribution in [-0.4, -0.2) is 45.2 Å². The summed E-state index contributed by atoms with van der Waals surface area (Å²) in [4.78, 5) is 33.6. The van der Waals surface area contributed by atoms with Crippen LogP contribution >= 0.6 is 11.6 Å². The molecule has 0 fully saturated rings. The number of hydrogen-bond donors (Lipinski definition) is 2. The summed E-state index contributed by atoms with van der Waals surface area (Å²) >= 11 is 5.99. The van der Waals surface area contributed by atoms with Crippen LogP contribution in [-0.2, 0) is 14.3 Å². The molecule has 0 saturated heterocycles. The predicted octanol–water partition coefficient (Wildman–Crippen LogP) is 0.115. The molecule has 0 aliphatic carbocycles. The molecule has 0 bridgehead atoms. The highest BCUT2D eigenvalue weighted by molar-refractivity contribution is 6.32. The minimum Gasteiger partial charge on any atom is -0.493 e. The minimum absolute atomic E-state index is 0.0347. The van der Waals surface area contributed by atoms with Crippen molar-refractivity contribution in [1.82, 2.24) is 5.32 Å². The number of rotatable bonds is 7. The number of methoxy groups -OCH3 is 1. The lowest BCUT2D eigenvalue weighted by Gasteiger charge is -2.13. The topological polar surface area (TPSA) is 117 Å². The van der Waals surface area contributed by atoms with E-state index >= 15 is 0 Å². The number of ether oxygens (including phenoxy) is 3. The fourth-order valence-corrected chi connectivity index (χ4v) is 1.67. The van der Waals surface area contributed by atoms with Gasteiger partial charge in [-0.2, -0.15) is 0 Å². The Kier molecular flexibility index (Phi) is 6.46. The number of hydrogen-bond acceptors (Lipinski definition) is 6. The molecule has 0 spiro atoms. The quantitative estimate of drug-likeness (QED) is 0.685. The van der Waals surface area contributed by atoms with Gasteiger partial charge in [0, 0.05) is 7.05 Å². The second-order valence-electron chi connectivity index (χ2n) is 3.99. The van der Waals surface area contributed by atoms with Gasteiger partial charge in [0.05, 0.1) is 17.7 Å². The maximum absolute atomic E-state index is 11.8. The Labute approximate surface area is 131 Å². The summed E-state index contributed by atoms with van der Waals surface area (Å²) in [7, 11) is 2.75. The third-order valence-electron chi connectivity index (χ3n) is 2.44. The van der Waals surface area contributed by atoms with E-state index in [1.807, 2.05) is 0 Å². The van der Waals surface area contributed by atoms with E-state index in [0.717, 1.165) is 0 Å². The lowest BCUT2D eigenvalue weighted by atomic mass is 10.2. The van der Waals surface area contributed by atoms with Gasteiger partial charge in [-0.1, -0.05) is 11.6 Å². The maximum atomic E-state index is 11.8. The average Bonchev–Trinajstić information content (AvgIpc) is 2.49. The average molecular weight is 331 g/mol. The Hall–Kier alpha value is -2.48. The monoisotopic (exact) mass is 330 g/mol. The number of esters is 1. The number of amides is 2. The summed E-state index contributed by atoms with van der Waals surface area (Å²) in [5.41, 5.74) is 5.05. The lowest BCUT2D eigenvalue weighted by molar-refractivity contribution is -0.123. The van der Waals surface area contributed by atoms with Crippen LogP contribution in [0.1, 0.15) is 10.4 Å². The number of nitrogens with two attached hydrogens (primary N) is 1. The van der Waals surface area contributed by atoms with E-state index in [2.05, 4.69) is 5.32 Å². The second kappa shape index (κ2) is 8.08. The number of primary amides is 1. The Balaban J connectivity index is 2.94. The zero-order chi connectivity index (χ0) is 16.7. The first-order valence-electron chi connectivity index (χ1n) is 6.05. The molecule has 0 aliphatic rings. The first kappa shape index (κ1) is 17.6. The molecular formula is C13H15ClN2O6. The van der Waals surface area contributed by atoms with Gasteiger partial charge in [0.25, 0.3) is 11.8 Å². The summed E-state index contributed by atoms with van der Waals surface area (Å²) in [5, 5.41) is 2.35. The highest BCUT2D eigenvalue weighted by Crippen LogP contribution is 2.36. The van der Waals surface area contributed by atoms with Crippen molar-refractivity contribution in [3.05, 3.63) is 22.7 Å². The van der Waals surface area contributed by atoms with Crippen LogP contribution < -0.4 is 20.5 Å². The van der Waals surface area contributed by atoms with Crippen molar-refractivity contribution in [3.63, 3.8) is 0 Å². The van der Waals surface area contributed by atoms with Crippen LogP contribution in [0.2, 0.25) is 5.02 Å². The third-order valence-corrected chi connectivity index (χ3v) is 2.72. The molecule has 8 nitrogen and oxygen atoms in total. The van der Waals surface area contributed by atoms with E-state index in [4.69, 9.17) is 31.5 Å². The Bertz CT molecular complexity index is 590. The molecule has 1 aromatic carbocycles. The van der Waals surface area contributed by atoms with Gasteiger partial charge in [-0.15, -0.1) is 0 Å². The van der Waals surface area contributed by atoms with Gasteiger partial charge in [-0.3, -0.25) is 9.59 Å². The predicted molar refractivity (Wildman–Crippen MR) is 77.0 cm³/mol. The number of benzene rings is 1. The van der Waals surface area contributed by atoms with E-state index in [0.29, 0.717) is 0 Å². The van der Waals surface area contributed by atoms with E-state index in [1.54, 1.807) is 0 Å². The summed E-state index contributed by atoms with van der Waals surface area (Å²) in [6.07, 6.45) is 0.